The molecule has 0 atom stereocenters. The zero-order chi connectivity index (χ0) is 26.3. The largest absolute Gasteiger partial charge is 0.336 e. The fourth-order valence-electron chi connectivity index (χ4n) is 3.95. The highest BCUT2D eigenvalue weighted by atomic mass is 35.5. The highest BCUT2D eigenvalue weighted by molar-refractivity contribution is 7.92. The van der Waals surface area contributed by atoms with E-state index in [1.807, 2.05) is 4.72 Å². The lowest BCUT2D eigenvalue weighted by atomic mass is 10.0. The van der Waals surface area contributed by atoms with Crippen molar-refractivity contribution >= 4 is 54.1 Å². The van der Waals surface area contributed by atoms with Crippen LogP contribution in [-0.2, 0) is 26.6 Å². The van der Waals surface area contributed by atoms with Crippen molar-refractivity contribution in [3.63, 3.8) is 0 Å². The first-order valence-corrected chi connectivity index (χ1v) is 14.3. The van der Waals surface area contributed by atoms with Crippen LogP contribution in [0.4, 0.5) is 5.69 Å². The minimum atomic E-state index is -4.43. The summed E-state index contributed by atoms with van der Waals surface area (Å²) in [5, 5.41) is 0.877. The monoisotopic (exact) mass is 548 g/mol. The number of hydrogen-bond acceptors (Lipinski definition) is 6. The number of aromatic amines is 1. The van der Waals surface area contributed by atoms with Crippen LogP contribution in [0, 0.1) is 0 Å². The Morgan fingerprint density at radius 1 is 1.06 bits per heavy atom. The number of sulfonamides is 2. The summed E-state index contributed by atoms with van der Waals surface area (Å²) in [4.78, 5) is 28.4. The third-order valence-electron chi connectivity index (χ3n) is 5.32. The molecular weight excluding hydrogens is 528 g/mol. The zero-order valence-electron chi connectivity index (χ0n) is 19.1. The van der Waals surface area contributed by atoms with E-state index in [0.29, 0.717) is 22.5 Å². The molecule has 0 aliphatic carbocycles. The maximum atomic E-state index is 13.5. The molecule has 0 fully saturated rings. The minimum Gasteiger partial charge on any atom is -0.336 e. The van der Waals surface area contributed by atoms with Gasteiger partial charge in [0.1, 0.15) is 5.69 Å². The van der Waals surface area contributed by atoms with Gasteiger partial charge in [-0.3, -0.25) is 14.3 Å². The van der Waals surface area contributed by atoms with Crippen molar-refractivity contribution < 1.29 is 21.6 Å². The van der Waals surface area contributed by atoms with Gasteiger partial charge in [-0.05, 0) is 55.5 Å². The van der Waals surface area contributed by atoms with E-state index in [9.17, 15) is 26.4 Å². The van der Waals surface area contributed by atoms with Gasteiger partial charge in [0.25, 0.3) is 21.5 Å². The van der Waals surface area contributed by atoms with E-state index in [1.165, 1.54) is 30.5 Å². The van der Waals surface area contributed by atoms with Gasteiger partial charge in [0.05, 0.1) is 11.2 Å². The normalized spacial score (nSPS) is 12.0. The molecule has 4 aromatic rings. The SMILES string of the molecule is CCn1c(C(=O)NS(=O)(=O)c2cccc(NS(C)(=O)=O)c2)c(-c2ccc[nH]c2=O)c2cc(Cl)ccc21. The number of amides is 1. The number of nitrogens with zero attached hydrogens (tertiary/aromatic N) is 1. The number of anilines is 1. The second-order valence-corrected chi connectivity index (χ2v) is 11.7. The van der Waals surface area contributed by atoms with Gasteiger partial charge in [0.2, 0.25) is 10.0 Å². The Labute approximate surface area is 212 Å². The van der Waals surface area contributed by atoms with Gasteiger partial charge in [-0.15, -0.1) is 0 Å². The Hall–Kier alpha value is -3.61. The van der Waals surface area contributed by atoms with E-state index in [2.05, 4.69) is 9.71 Å². The van der Waals surface area contributed by atoms with E-state index in [1.54, 1.807) is 35.8 Å². The zero-order valence-corrected chi connectivity index (χ0v) is 21.5. The molecular formula is C23H21ClN4O6S2. The molecule has 36 heavy (non-hydrogen) atoms. The van der Waals surface area contributed by atoms with Crippen molar-refractivity contribution in [2.45, 2.75) is 18.4 Å². The second kappa shape index (κ2) is 9.45. The topological polar surface area (TPSA) is 147 Å². The number of halogens is 1. The third-order valence-corrected chi connectivity index (χ3v) is 7.49. The number of aryl methyl sites for hydroxylation is 1. The third kappa shape index (κ3) is 5.01. The van der Waals surface area contributed by atoms with Gasteiger partial charge >= 0.3 is 0 Å². The molecule has 0 radical (unpaired) electrons. The number of nitrogens with one attached hydrogen (secondary N) is 3. The van der Waals surface area contributed by atoms with E-state index >= 15 is 0 Å². The molecule has 2 aromatic carbocycles. The molecule has 13 heteroatoms. The van der Waals surface area contributed by atoms with Crippen LogP contribution in [0.2, 0.25) is 5.02 Å². The van der Waals surface area contributed by atoms with Gasteiger partial charge < -0.3 is 9.55 Å². The highest BCUT2D eigenvalue weighted by Gasteiger charge is 2.28. The number of pyridine rings is 1. The first kappa shape index (κ1) is 25.5. The van der Waals surface area contributed by atoms with Crippen LogP contribution in [0.1, 0.15) is 17.4 Å². The van der Waals surface area contributed by atoms with Crippen LogP contribution in [0.25, 0.3) is 22.0 Å². The molecule has 0 aliphatic rings. The maximum Gasteiger partial charge on any atom is 0.282 e. The Morgan fingerprint density at radius 3 is 2.47 bits per heavy atom. The molecule has 1 amide bonds. The Balaban J connectivity index is 1.87. The van der Waals surface area contributed by atoms with Crippen LogP contribution < -0.4 is 15.0 Å². The lowest BCUT2D eigenvalue weighted by Crippen LogP contribution is -2.32. The summed E-state index contributed by atoms with van der Waals surface area (Å²) in [6.07, 6.45) is 2.37. The number of fused-ring (bicyclic) bond motifs is 1. The summed E-state index contributed by atoms with van der Waals surface area (Å²) in [5.74, 6) is -0.969. The van der Waals surface area contributed by atoms with Crippen molar-refractivity contribution in [2.24, 2.45) is 0 Å². The molecule has 0 aliphatic heterocycles. The molecule has 10 nitrogen and oxygen atoms in total. The van der Waals surface area contributed by atoms with Gasteiger partial charge in [0.15, 0.2) is 0 Å². The van der Waals surface area contributed by atoms with Crippen LogP contribution in [0.3, 0.4) is 0 Å². The number of hydrogen-bond donors (Lipinski definition) is 3. The molecule has 0 unspecified atom stereocenters. The van der Waals surface area contributed by atoms with E-state index in [-0.39, 0.29) is 27.4 Å². The summed E-state index contributed by atoms with van der Waals surface area (Å²) in [5.41, 5.74) is 0.489. The number of carbonyl (C=O) groups is 1. The van der Waals surface area contributed by atoms with Crippen LogP contribution in [0.5, 0.6) is 0 Å². The average Bonchev–Trinajstić information content (AvgIpc) is 3.11. The molecule has 0 bridgehead atoms. The van der Waals surface area contributed by atoms with Gasteiger partial charge in [-0.1, -0.05) is 17.7 Å². The second-order valence-electron chi connectivity index (χ2n) is 7.88. The minimum absolute atomic E-state index is 0.0154. The smallest absolute Gasteiger partial charge is 0.282 e. The molecule has 0 saturated carbocycles. The molecule has 0 spiro atoms. The number of aromatic nitrogens is 2. The van der Waals surface area contributed by atoms with Crippen LogP contribution in [0.15, 0.2) is 70.5 Å². The highest BCUT2D eigenvalue weighted by Crippen LogP contribution is 2.35. The van der Waals surface area contributed by atoms with Crippen molar-refractivity contribution in [1.82, 2.24) is 14.3 Å². The lowest BCUT2D eigenvalue weighted by molar-refractivity contribution is 0.0973. The molecule has 4 rings (SSSR count). The number of rotatable bonds is 7. The predicted molar refractivity (Wildman–Crippen MR) is 138 cm³/mol. The fraction of sp³-hybridized carbons (Fsp3) is 0.130. The van der Waals surface area contributed by atoms with Crippen molar-refractivity contribution in [3.8, 4) is 11.1 Å². The van der Waals surface area contributed by atoms with E-state index in [4.69, 9.17) is 11.6 Å². The van der Waals surface area contributed by atoms with Crippen molar-refractivity contribution in [2.75, 3.05) is 11.0 Å². The molecule has 2 heterocycles. The van der Waals surface area contributed by atoms with E-state index in [0.717, 1.165) is 12.3 Å². The predicted octanol–water partition coefficient (Wildman–Crippen LogP) is 3.16. The summed E-state index contributed by atoms with van der Waals surface area (Å²) < 4.78 is 55.1. The summed E-state index contributed by atoms with van der Waals surface area (Å²) >= 11 is 6.21. The van der Waals surface area contributed by atoms with Gasteiger partial charge in [-0.2, -0.15) is 0 Å². The van der Waals surface area contributed by atoms with Crippen LogP contribution in [-0.4, -0.2) is 38.5 Å². The van der Waals surface area contributed by atoms with Gasteiger partial charge in [0, 0.05) is 45.5 Å². The first-order chi connectivity index (χ1) is 16.9. The average molecular weight is 549 g/mol. The maximum absolute atomic E-state index is 13.5. The number of benzene rings is 2. The fourth-order valence-corrected chi connectivity index (χ4v) is 5.68. The van der Waals surface area contributed by atoms with E-state index < -0.39 is 31.5 Å². The van der Waals surface area contributed by atoms with Crippen molar-refractivity contribution in [3.05, 3.63) is 81.9 Å². The Bertz CT molecular complexity index is 1780. The molecule has 2 aromatic heterocycles. The van der Waals surface area contributed by atoms with Crippen LogP contribution >= 0.6 is 11.6 Å². The number of carbonyl (C=O) groups excluding carboxylic acids is 1. The Kier molecular flexibility index (Phi) is 6.69. The van der Waals surface area contributed by atoms with Crippen molar-refractivity contribution in [1.29, 1.82) is 0 Å². The van der Waals surface area contributed by atoms with Gasteiger partial charge in [-0.25, -0.2) is 21.6 Å². The summed E-state index contributed by atoms with van der Waals surface area (Å²) in [6.45, 7) is 2.07. The lowest BCUT2D eigenvalue weighted by Gasteiger charge is -2.12. The number of H-pyrrole nitrogens is 1. The Morgan fingerprint density at radius 2 is 1.81 bits per heavy atom. The molecule has 0 saturated heterocycles. The molecule has 188 valence electrons. The molecule has 3 N–H and O–H groups in total. The summed E-state index contributed by atoms with van der Waals surface area (Å²) in [7, 11) is -8.08. The first-order valence-electron chi connectivity index (χ1n) is 10.6. The quantitative estimate of drug-likeness (QED) is 0.323. The summed E-state index contributed by atoms with van der Waals surface area (Å²) in [6, 6.07) is 13.1. The standard InChI is InChI=1S/C23H21ClN4O6S2/c1-3-28-19-10-9-14(24)12-18(19)20(17-8-5-11-25-22(17)29)21(28)23(30)27-36(33,34)16-7-4-6-15(13-16)26-35(2,31)32/h4-13,26H,3H2,1-2H3,(H,25,29)(H,27,30).